The fraction of sp³-hybridized carbons (Fsp3) is 0.346. The van der Waals surface area contributed by atoms with E-state index in [1.54, 1.807) is 36.4 Å². The molecule has 1 aromatic heterocycles. The van der Waals surface area contributed by atoms with Crippen LogP contribution in [0.15, 0.2) is 76.0 Å². The van der Waals surface area contributed by atoms with Crippen LogP contribution in [0.3, 0.4) is 0 Å². The van der Waals surface area contributed by atoms with E-state index in [0.717, 1.165) is 38.9 Å². The van der Waals surface area contributed by atoms with E-state index in [2.05, 4.69) is 41.4 Å². The number of hydrogen-bond acceptors (Lipinski definition) is 4. The quantitative estimate of drug-likeness (QED) is 0.316. The molecule has 5 nitrogen and oxygen atoms in total. The van der Waals surface area contributed by atoms with Crippen molar-refractivity contribution in [3.8, 4) is 0 Å². The lowest BCUT2D eigenvalue weighted by atomic mass is 10.2. The van der Waals surface area contributed by atoms with E-state index in [-0.39, 0.29) is 17.4 Å². The van der Waals surface area contributed by atoms with E-state index in [1.807, 2.05) is 6.07 Å². The highest BCUT2D eigenvalue weighted by atomic mass is 35.5. The number of nitrogens with zero attached hydrogens (tertiary/aromatic N) is 1. The Hall–Kier alpha value is -2.41. The molecule has 0 spiro atoms. The number of hydrogen-bond donors (Lipinski definition) is 1. The van der Waals surface area contributed by atoms with Gasteiger partial charge in [0.05, 0.1) is 16.6 Å². The number of unbranched alkanes of at least 4 members (excludes halogenated alkanes) is 1. The highest BCUT2D eigenvalue weighted by Gasteiger charge is 2.14. The zero-order valence-electron chi connectivity index (χ0n) is 19.0. The van der Waals surface area contributed by atoms with Gasteiger partial charge in [-0.3, -0.25) is 13.9 Å². The number of furan rings is 1. The van der Waals surface area contributed by atoms with Crippen molar-refractivity contribution in [1.82, 2.24) is 10.2 Å². The number of carbonyl (C=O) groups excluding carboxylic acids is 1. The van der Waals surface area contributed by atoms with Crippen molar-refractivity contribution in [3.63, 3.8) is 0 Å². The lowest BCUT2D eigenvalue weighted by molar-refractivity contribution is 0.0922. The Labute approximate surface area is 203 Å². The first-order valence-electron chi connectivity index (χ1n) is 11.3. The molecule has 33 heavy (non-hydrogen) atoms. The summed E-state index contributed by atoms with van der Waals surface area (Å²) in [5.41, 5.74) is 1.30. The molecular weight excluding hydrogens is 456 g/mol. The second-order valence-electron chi connectivity index (χ2n) is 7.94. The first-order valence-corrected chi connectivity index (χ1v) is 13.0. The van der Waals surface area contributed by atoms with Crippen LogP contribution in [0.4, 0.5) is 0 Å². The zero-order valence-corrected chi connectivity index (χ0v) is 20.5. The Kier molecular flexibility index (Phi) is 10.2. The first kappa shape index (κ1) is 25.2. The van der Waals surface area contributed by atoms with Crippen molar-refractivity contribution in [1.29, 1.82) is 0 Å². The Morgan fingerprint density at radius 3 is 2.58 bits per heavy atom. The minimum Gasteiger partial charge on any atom is -0.455 e. The Morgan fingerprint density at radius 2 is 1.82 bits per heavy atom. The van der Waals surface area contributed by atoms with Gasteiger partial charge in [-0.1, -0.05) is 61.3 Å². The minimum atomic E-state index is -1.29. The average molecular weight is 487 g/mol. The minimum absolute atomic E-state index is 0.194. The summed E-state index contributed by atoms with van der Waals surface area (Å²) in [7, 11) is -1.29. The molecule has 3 rings (SSSR count). The van der Waals surface area contributed by atoms with E-state index in [4.69, 9.17) is 16.0 Å². The smallest absolute Gasteiger partial charge is 0.286 e. The number of nitrogens with one attached hydrogen (secondary N) is 1. The van der Waals surface area contributed by atoms with Crippen LogP contribution in [0, 0.1) is 0 Å². The van der Waals surface area contributed by atoms with E-state index in [9.17, 15) is 9.00 Å². The van der Waals surface area contributed by atoms with Crippen LogP contribution >= 0.6 is 11.6 Å². The van der Waals surface area contributed by atoms with Crippen LogP contribution in [0.25, 0.3) is 0 Å². The maximum Gasteiger partial charge on any atom is 0.286 e. The summed E-state index contributed by atoms with van der Waals surface area (Å²) < 4.78 is 18.1. The molecule has 0 aliphatic rings. The van der Waals surface area contributed by atoms with Crippen LogP contribution in [0.5, 0.6) is 0 Å². The molecule has 0 unspecified atom stereocenters. The Balaban J connectivity index is 1.44. The largest absolute Gasteiger partial charge is 0.455 e. The van der Waals surface area contributed by atoms with Crippen molar-refractivity contribution in [3.05, 3.63) is 88.8 Å². The summed E-state index contributed by atoms with van der Waals surface area (Å²) in [6.07, 6.45) is 3.17. The molecule has 0 radical (unpaired) electrons. The van der Waals surface area contributed by atoms with Crippen LogP contribution in [-0.2, 0) is 23.1 Å². The van der Waals surface area contributed by atoms with Gasteiger partial charge in [0.25, 0.3) is 5.91 Å². The predicted molar refractivity (Wildman–Crippen MR) is 134 cm³/mol. The molecule has 0 aliphatic carbocycles. The predicted octanol–water partition coefficient (Wildman–Crippen LogP) is 5.66. The van der Waals surface area contributed by atoms with Crippen molar-refractivity contribution in [2.24, 2.45) is 0 Å². The molecule has 0 aliphatic heterocycles. The fourth-order valence-corrected chi connectivity index (χ4v) is 4.81. The van der Waals surface area contributed by atoms with Gasteiger partial charge in [-0.2, -0.15) is 0 Å². The lowest BCUT2D eigenvalue weighted by Crippen LogP contribution is -2.30. The Bertz CT molecular complexity index is 1040. The average Bonchev–Trinajstić information content (AvgIpc) is 3.29. The third-order valence-electron chi connectivity index (χ3n) is 5.23. The summed E-state index contributed by atoms with van der Waals surface area (Å²) in [5.74, 6) is 0.685. The molecule has 176 valence electrons. The molecule has 1 amide bonds. The van der Waals surface area contributed by atoms with Crippen molar-refractivity contribution in [2.75, 3.05) is 19.6 Å². The summed E-state index contributed by atoms with van der Waals surface area (Å²) in [4.78, 5) is 15.5. The number of rotatable bonds is 13. The van der Waals surface area contributed by atoms with Gasteiger partial charge in [-0.15, -0.1) is 0 Å². The SMILES string of the molecule is CCCCN(CCCNC(=O)c1ccc(C[S@](=O)c2cccc(Cl)c2)o1)Cc1ccccc1. The number of amides is 1. The fourth-order valence-electron chi connectivity index (χ4n) is 3.48. The topological polar surface area (TPSA) is 62.6 Å². The van der Waals surface area contributed by atoms with Crippen molar-refractivity contribution in [2.45, 2.75) is 43.4 Å². The Morgan fingerprint density at radius 1 is 1.03 bits per heavy atom. The van der Waals surface area contributed by atoms with Crippen LogP contribution in [0.1, 0.15) is 48.1 Å². The van der Waals surface area contributed by atoms with E-state index < -0.39 is 10.8 Å². The normalized spacial score (nSPS) is 12.1. The molecule has 7 heteroatoms. The standard InChI is InChI=1S/C26H31ClN2O3S/c1-2-3-16-29(19-21-9-5-4-6-10-21)17-8-15-28-26(30)25-14-13-23(32-25)20-33(31)24-12-7-11-22(27)18-24/h4-7,9-14,18H,2-3,8,15-17,19-20H2,1H3,(H,28,30)/t33-/m0/s1. The maximum atomic E-state index is 12.5. The summed E-state index contributed by atoms with van der Waals surface area (Å²) >= 11 is 5.97. The van der Waals surface area contributed by atoms with E-state index in [0.29, 0.717) is 22.2 Å². The zero-order chi connectivity index (χ0) is 23.5. The highest BCUT2D eigenvalue weighted by Crippen LogP contribution is 2.18. The number of halogens is 1. The molecule has 2 aromatic carbocycles. The van der Waals surface area contributed by atoms with Crippen molar-refractivity contribution >= 4 is 28.3 Å². The van der Waals surface area contributed by atoms with Crippen molar-refractivity contribution < 1.29 is 13.4 Å². The molecule has 1 N–H and O–H groups in total. The van der Waals surface area contributed by atoms with E-state index >= 15 is 0 Å². The summed E-state index contributed by atoms with van der Waals surface area (Å²) in [6, 6.07) is 20.7. The molecule has 0 saturated carbocycles. The molecule has 3 aromatic rings. The van der Waals surface area contributed by atoms with Gasteiger partial charge in [-0.05, 0) is 55.3 Å². The molecule has 0 bridgehead atoms. The highest BCUT2D eigenvalue weighted by molar-refractivity contribution is 7.84. The second-order valence-corrected chi connectivity index (χ2v) is 9.83. The van der Waals surface area contributed by atoms with Crippen LogP contribution in [0.2, 0.25) is 5.02 Å². The van der Waals surface area contributed by atoms with Crippen LogP contribution < -0.4 is 5.32 Å². The summed E-state index contributed by atoms with van der Waals surface area (Å²) in [5, 5.41) is 3.47. The van der Waals surface area contributed by atoms with Gasteiger partial charge in [0, 0.05) is 29.6 Å². The molecule has 0 fully saturated rings. The number of carbonyl (C=O) groups is 1. The maximum absolute atomic E-state index is 12.5. The van der Waals surface area contributed by atoms with Gasteiger partial charge in [0.2, 0.25) is 0 Å². The third-order valence-corrected chi connectivity index (χ3v) is 6.79. The van der Waals surface area contributed by atoms with Crippen LogP contribution in [-0.4, -0.2) is 34.7 Å². The van der Waals surface area contributed by atoms with E-state index in [1.165, 1.54) is 5.56 Å². The van der Waals surface area contributed by atoms with Gasteiger partial charge in [0.15, 0.2) is 5.76 Å². The molecular formula is C26H31ClN2O3S. The lowest BCUT2D eigenvalue weighted by Gasteiger charge is -2.22. The van der Waals surface area contributed by atoms with Gasteiger partial charge < -0.3 is 9.73 Å². The van der Waals surface area contributed by atoms with Gasteiger partial charge in [0.1, 0.15) is 5.76 Å². The second kappa shape index (κ2) is 13.3. The third kappa shape index (κ3) is 8.46. The first-order chi connectivity index (χ1) is 16.0. The van der Waals surface area contributed by atoms with Gasteiger partial charge in [-0.25, -0.2) is 0 Å². The molecule has 0 saturated heterocycles. The monoisotopic (exact) mass is 486 g/mol. The van der Waals surface area contributed by atoms with Gasteiger partial charge >= 0.3 is 0 Å². The summed E-state index contributed by atoms with van der Waals surface area (Å²) in [6.45, 7) is 5.64. The number of benzene rings is 2. The molecule has 1 heterocycles. The molecule has 1 atom stereocenters.